The van der Waals surface area contributed by atoms with Gasteiger partial charge in [0, 0.05) is 43.9 Å². The predicted octanol–water partition coefficient (Wildman–Crippen LogP) is 5.74. The maximum atomic E-state index is 15.5. The standard InChI is InChI=1S/C28H43FN2O4/c1-4-6-16-34-26(35-17-7-5-2)20-10-14-31(15-11-20)23-19-24(33-3)21(18-22(23)29)25-28(27(32)30-25)12-8-9-13-28/h18-20,25-26H,4-17H2,1-3H3,(H,30,32)/t25-/m0/s1. The van der Waals surface area contributed by atoms with Crippen LogP contribution in [-0.4, -0.2) is 45.6 Å². The topological polar surface area (TPSA) is 60.0 Å². The Bertz CT molecular complexity index is 840. The number of β-lactam (4-membered cyclic amide) rings is 1. The third-order valence-electron chi connectivity index (χ3n) is 8.21. The number of nitrogens with zero attached hydrogens (tertiary/aromatic N) is 1. The molecule has 1 atom stereocenters. The SMILES string of the molecule is CCCCOC(OCCCC)C1CCN(c2cc(OC)c([C@@H]3NC(=O)C34CCCC4)cc2F)CC1. The minimum absolute atomic E-state index is 0.102. The summed E-state index contributed by atoms with van der Waals surface area (Å²) >= 11 is 0. The van der Waals surface area contributed by atoms with Crippen molar-refractivity contribution < 1.29 is 23.4 Å². The molecule has 3 aliphatic rings. The number of anilines is 1. The van der Waals surface area contributed by atoms with Crippen molar-refractivity contribution in [3.63, 3.8) is 0 Å². The summed E-state index contributed by atoms with van der Waals surface area (Å²) in [7, 11) is 1.63. The summed E-state index contributed by atoms with van der Waals surface area (Å²) < 4.78 is 33.4. The zero-order valence-electron chi connectivity index (χ0n) is 21.7. The van der Waals surface area contributed by atoms with Crippen LogP contribution in [0, 0.1) is 17.2 Å². The van der Waals surface area contributed by atoms with Gasteiger partial charge in [-0.15, -0.1) is 0 Å². The Kier molecular flexibility index (Phi) is 8.92. The summed E-state index contributed by atoms with van der Waals surface area (Å²) in [5.41, 5.74) is 0.953. The number of ether oxygens (including phenoxy) is 3. The molecule has 2 aliphatic heterocycles. The van der Waals surface area contributed by atoms with E-state index in [9.17, 15) is 4.79 Å². The van der Waals surface area contributed by atoms with Gasteiger partial charge in [-0.05, 0) is 44.6 Å². The molecule has 0 unspecified atom stereocenters. The van der Waals surface area contributed by atoms with E-state index in [-0.39, 0.29) is 29.5 Å². The molecule has 2 saturated heterocycles. The van der Waals surface area contributed by atoms with Gasteiger partial charge in [-0.2, -0.15) is 0 Å². The molecule has 1 aliphatic carbocycles. The molecule has 1 amide bonds. The average Bonchev–Trinajstić information content (AvgIpc) is 3.40. The Morgan fingerprint density at radius 2 is 1.71 bits per heavy atom. The van der Waals surface area contributed by atoms with E-state index in [1.54, 1.807) is 13.2 Å². The lowest BCUT2D eigenvalue weighted by Crippen LogP contribution is -2.59. The second kappa shape index (κ2) is 11.9. The number of carbonyl (C=O) groups is 1. The van der Waals surface area contributed by atoms with Gasteiger partial charge in [0.25, 0.3) is 0 Å². The monoisotopic (exact) mass is 490 g/mol. The highest BCUT2D eigenvalue weighted by Crippen LogP contribution is 2.55. The van der Waals surface area contributed by atoms with Crippen molar-refractivity contribution in [2.24, 2.45) is 11.3 Å². The van der Waals surface area contributed by atoms with Gasteiger partial charge < -0.3 is 24.4 Å². The molecule has 0 radical (unpaired) electrons. The molecule has 3 fully saturated rings. The summed E-state index contributed by atoms with van der Waals surface area (Å²) in [6, 6.07) is 3.25. The Hall–Kier alpha value is -1.86. The van der Waals surface area contributed by atoms with Gasteiger partial charge in [0.2, 0.25) is 5.91 Å². The van der Waals surface area contributed by atoms with Crippen LogP contribution in [0.15, 0.2) is 12.1 Å². The van der Waals surface area contributed by atoms with Crippen LogP contribution in [0.25, 0.3) is 0 Å². The molecule has 6 nitrogen and oxygen atoms in total. The number of halogens is 1. The van der Waals surface area contributed by atoms with E-state index >= 15 is 4.39 Å². The minimum atomic E-state index is -0.385. The maximum absolute atomic E-state index is 15.5. The second-order valence-corrected chi connectivity index (χ2v) is 10.5. The molecule has 1 spiro atoms. The van der Waals surface area contributed by atoms with E-state index in [1.165, 1.54) is 0 Å². The molecule has 1 aromatic rings. The van der Waals surface area contributed by atoms with Crippen molar-refractivity contribution in [2.75, 3.05) is 38.3 Å². The van der Waals surface area contributed by atoms with E-state index in [0.29, 0.717) is 17.4 Å². The molecule has 1 aromatic carbocycles. The number of piperidine rings is 1. The van der Waals surface area contributed by atoms with Crippen molar-refractivity contribution in [3.05, 3.63) is 23.5 Å². The Labute approximate surface area is 209 Å². The number of unbranched alkanes of at least 4 members (excludes halogenated alkanes) is 2. The van der Waals surface area contributed by atoms with Gasteiger partial charge in [0.1, 0.15) is 11.6 Å². The van der Waals surface area contributed by atoms with E-state index < -0.39 is 0 Å². The lowest BCUT2D eigenvalue weighted by atomic mass is 9.68. The zero-order valence-corrected chi connectivity index (χ0v) is 21.7. The highest BCUT2D eigenvalue weighted by atomic mass is 19.1. The van der Waals surface area contributed by atoms with E-state index in [1.807, 2.05) is 6.07 Å². The average molecular weight is 491 g/mol. The van der Waals surface area contributed by atoms with Crippen molar-refractivity contribution in [2.45, 2.75) is 90.4 Å². The number of hydrogen-bond acceptors (Lipinski definition) is 5. The predicted molar refractivity (Wildman–Crippen MR) is 135 cm³/mol. The molecule has 0 bridgehead atoms. The fourth-order valence-corrected chi connectivity index (χ4v) is 5.99. The first-order valence-electron chi connectivity index (χ1n) is 13.7. The van der Waals surface area contributed by atoms with E-state index in [2.05, 4.69) is 24.1 Å². The summed E-state index contributed by atoms with van der Waals surface area (Å²) in [5, 5.41) is 3.03. The van der Waals surface area contributed by atoms with Gasteiger partial charge in [-0.25, -0.2) is 4.39 Å². The molecule has 1 N–H and O–H groups in total. The number of carbonyl (C=O) groups excluding carboxylic acids is 1. The van der Waals surface area contributed by atoms with Gasteiger partial charge in [-0.1, -0.05) is 39.5 Å². The van der Waals surface area contributed by atoms with Crippen molar-refractivity contribution >= 4 is 11.6 Å². The molecule has 7 heteroatoms. The normalized spacial score (nSPS) is 22.0. The summed E-state index contributed by atoms with van der Waals surface area (Å²) in [4.78, 5) is 14.5. The van der Waals surface area contributed by atoms with Gasteiger partial charge in [0.15, 0.2) is 6.29 Å². The molecule has 196 valence electrons. The van der Waals surface area contributed by atoms with E-state index in [0.717, 1.165) is 96.1 Å². The molecule has 35 heavy (non-hydrogen) atoms. The number of amides is 1. The van der Waals surface area contributed by atoms with Crippen LogP contribution in [0.1, 0.15) is 89.7 Å². The molecule has 1 saturated carbocycles. The fraction of sp³-hybridized carbons (Fsp3) is 0.750. The lowest BCUT2D eigenvalue weighted by Gasteiger charge is -2.47. The van der Waals surface area contributed by atoms with Crippen LogP contribution < -0.4 is 15.0 Å². The van der Waals surface area contributed by atoms with Gasteiger partial charge in [0.05, 0.1) is 24.3 Å². The molecule has 4 rings (SSSR count). The smallest absolute Gasteiger partial charge is 0.229 e. The largest absolute Gasteiger partial charge is 0.496 e. The Balaban J connectivity index is 1.43. The van der Waals surface area contributed by atoms with E-state index in [4.69, 9.17) is 14.2 Å². The van der Waals surface area contributed by atoms with Crippen LogP contribution in [0.3, 0.4) is 0 Å². The second-order valence-electron chi connectivity index (χ2n) is 10.5. The highest BCUT2D eigenvalue weighted by Gasteiger charge is 2.57. The quantitative estimate of drug-likeness (QED) is 0.230. The summed E-state index contributed by atoms with van der Waals surface area (Å²) in [6.45, 7) is 7.27. The van der Waals surface area contributed by atoms with Gasteiger partial charge >= 0.3 is 0 Å². The third-order valence-corrected chi connectivity index (χ3v) is 8.21. The van der Waals surface area contributed by atoms with Crippen LogP contribution in [0.2, 0.25) is 0 Å². The number of methoxy groups -OCH3 is 1. The number of hydrogen-bond donors (Lipinski definition) is 1. The highest BCUT2D eigenvalue weighted by molar-refractivity contribution is 5.91. The first-order valence-corrected chi connectivity index (χ1v) is 13.7. The number of rotatable bonds is 12. The fourth-order valence-electron chi connectivity index (χ4n) is 5.99. The maximum Gasteiger partial charge on any atom is 0.229 e. The molecular weight excluding hydrogens is 447 g/mol. The van der Waals surface area contributed by atoms with Gasteiger partial charge in [-0.3, -0.25) is 4.79 Å². The molecular formula is C28H43FN2O4. The van der Waals surface area contributed by atoms with Crippen LogP contribution in [0.5, 0.6) is 5.75 Å². The van der Waals surface area contributed by atoms with Crippen molar-refractivity contribution in [1.82, 2.24) is 5.32 Å². The number of nitrogens with one attached hydrogen (secondary N) is 1. The van der Waals surface area contributed by atoms with Crippen molar-refractivity contribution in [3.8, 4) is 5.75 Å². The summed E-state index contributed by atoms with van der Waals surface area (Å²) in [6.07, 6.45) is 9.71. The zero-order chi connectivity index (χ0) is 24.8. The lowest BCUT2D eigenvalue weighted by molar-refractivity contribution is -0.177. The van der Waals surface area contributed by atoms with Crippen molar-refractivity contribution in [1.29, 1.82) is 0 Å². The van der Waals surface area contributed by atoms with Crippen LogP contribution in [0.4, 0.5) is 10.1 Å². The van der Waals surface area contributed by atoms with Crippen LogP contribution >= 0.6 is 0 Å². The third kappa shape index (κ3) is 5.46. The molecule has 0 aromatic heterocycles. The first-order chi connectivity index (χ1) is 17.0. The minimum Gasteiger partial charge on any atom is -0.496 e. The first kappa shape index (κ1) is 26.2. The van der Waals surface area contributed by atoms with Crippen LogP contribution in [-0.2, 0) is 14.3 Å². The Morgan fingerprint density at radius 3 is 2.26 bits per heavy atom. The molecule has 2 heterocycles. The number of benzene rings is 1. The Morgan fingerprint density at radius 1 is 1.09 bits per heavy atom. The summed E-state index contributed by atoms with van der Waals surface area (Å²) in [5.74, 6) is 0.828.